The fourth-order valence-electron chi connectivity index (χ4n) is 3.03. The van der Waals surface area contributed by atoms with Crippen molar-refractivity contribution in [3.8, 4) is 0 Å². The molecule has 2 aliphatic heterocycles. The van der Waals surface area contributed by atoms with Crippen LogP contribution >= 0.6 is 0 Å². The standard InChI is InChI=1S/C13H24N2O3S/c1-4-11-14-13(3,5-2)12(16)15(11)9-10-7-6-8-19(10,17)18/h10-11,14H,4-9H2,1-3H3. The molecular formula is C13H24N2O3S. The molecule has 0 spiro atoms. The normalized spacial score (nSPS) is 38.1. The van der Waals surface area contributed by atoms with Crippen LogP contribution in [0.1, 0.15) is 46.5 Å². The number of sulfone groups is 1. The number of nitrogens with zero attached hydrogens (tertiary/aromatic N) is 1. The molecule has 1 amide bonds. The van der Waals surface area contributed by atoms with Gasteiger partial charge in [-0.1, -0.05) is 13.8 Å². The first-order chi connectivity index (χ1) is 8.84. The molecular weight excluding hydrogens is 264 g/mol. The maximum Gasteiger partial charge on any atom is 0.243 e. The number of nitrogens with one attached hydrogen (secondary N) is 1. The summed E-state index contributed by atoms with van der Waals surface area (Å²) in [5.74, 6) is 0.318. The molecule has 0 aromatic rings. The van der Waals surface area contributed by atoms with E-state index < -0.39 is 15.4 Å². The first kappa shape index (κ1) is 14.8. The third kappa shape index (κ3) is 2.52. The molecule has 110 valence electrons. The molecule has 0 aromatic carbocycles. The van der Waals surface area contributed by atoms with Gasteiger partial charge in [-0.2, -0.15) is 0 Å². The summed E-state index contributed by atoms with van der Waals surface area (Å²) in [6.07, 6.45) is 2.90. The Morgan fingerprint density at radius 1 is 1.42 bits per heavy atom. The molecule has 0 bridgehead atoms. The highest BCUT2D eigenvalue weighted by Crippen LogP contribution is 2.28. The summed E-state index contributed by atoms with van der Waals surface area (Å²) in [5, 5.41) is 2.98. The van der Waals surface area contributed by atoms with Gasteiger partial charge in [0.05, 0.1) is 22.7 Å². The summed E-state index contributed by atoms with van der Waals surface area (Å²) >= 11 is 0. The zero-order chi connectivity index (χ0) is 14.3. The maximum absolute atomic E-state index is 12.5. The highest BCUT2D eigenvalue weighted by atomic mass is 32.2. The molecule has 5 nitrogen and oxygen atoms in total. The van der Waals surface area contributed by atoms with E-state index in [1.807, 2.05) is 20.8 Å². The Morgan fingerprint density at radius 2 is 2.11 bits per heavy atom. The van der Waals surface area contributed by atoms with Crippen LogP contribution in [-0.2, 0) is 14.6 Å². The van der Waals surface area contributed by atoms with E-state index in [1.54, 1.807) is 4.90 Å². The van der Waals surface area contributed by atoms with Crippen LogP contribution in [0.25, 0.3) is 0 Å². The van der Waals surface area contributed by atoms with Crippen molar-refractivity contribution in [3.05, 3.63) is 0 Å². The summed E-state index contributed by atoms with van der Waals surface area (Å²) in [6, 6.07) is 0. The Morgan fingerprint density at radius 3 is 2.58 bits per heavy atom. The van der Waals surface area contributed by atoms with Crippen molar-refractivity contribution in [2.45, 2.75) is 63.4 Å². The van der Waals surface area contributed by atoms with E-state index in [2.05, 4.69) is 5.32 Å². The summed E-state index contributed by atoms with van der Waals surface area (Å²) in [4.78, 5) is 14.2. The van der Waals surface area contributed by atoms with Gasteiger partial charge in [0.25, 0.3) is 0 Å². The molecule has 1 N–H and O–H groups in total. The quantitative estimate of drug-likeness (QED) is 0.834. The van der Waals surface area contributed by atoms with E-state index in [-0.39, 0.29) is 23.1 Å². The number of hydrogen-bond donors (Lipinski definition) is 1. The number of amides is 1. The zero-order valence-electron chi connectivity index (χ0n) is 12.0. The average molecular weight is 288 g/mol. The fourth-order valence-corrected chi connectivity index (χ4v) is 4.85. The van der Waals surface area contributed by atoms with E-state index in [0.717, 1.165) is 19.3 Å². The summed E-state index contributed by atoms with van der Waals surface area (Å²) < 4.78 is 23.8. The first-order valence-corrected chi connectivity index (χ1v) is 8.86. The molecule has 6 heteroatoms. The summed E-state index contributed by atoms with van der Waals surface area (Å²) in [6.45, 7) is 6.25. The van der Waals surface area contributed by atoms with Crippen molar-refractivity contribution in [1.29, 1.82) is 0 Å². The second-order valence-electron chi connectivity index (χ2n) is 5.84. The number of hydrogen-bond acceptors (Lipinski definition) is 4. The van der Waals surface area contributed by atoms with E-state index in [1.165, 1.54) is 0 Å². The van der Waals surface area contributed by atoms with Crippen LogP contribution in [0.15, 0.2) is 0 Å². The molecule has 2 aliphatic rings. The highest BCUT2D eigenvalue weighted by Gasteiger charge is 2.47. The molecule has 0 aromatic heterocycles. The molecule has 2 saturated heterocycles. The molecule has 0 radical (unpaired) electrons. The van der Waals surface area contributed by atoms with Crippen molar-refractivity contribution >= 4 is 15.7 Å². The van der Waals surface area contributed by atoms with Gasteiger partial charge in [0.1, 0.15) is 0 Å². The minimum absolute atomic E-state index is 0.0340. The lowest BCUT2D eigenvalue weighted by molar-refractivity contribution is -0.133. The largest absolute Gasteiger partial charge is 0.324 e. The van der Waals surface area contributed by atoms with E-state index >= 15 is 0 Å². The highest BCUT2D eigenvalue weighted by molar-refractivity contribution is 7.92. The second-order valence-corrected chi connectivity index (χ2v) is 8.24. The Hall–Kier alpha value is -0.620. The van der Waals surface area contributed by atoms with Crippen molar-refractivity contribution in [1.82, 2.24) is 10.2 Å². The molecule has 3 atom stereocenters. The lowest BCUT2D eigenvalue weighted by atomic mass is 9.99. The van der Waals surface area contributed by atoms with Gasteiger partial charge in [-0.05, 0) is 32.6 Å². The van der Waals surface area contributed by atoms with Gasteiger partial charge in [0.2, 0.25) is 5.91 Å². The van der Waals surface area contributed by atoms with Crippen molar-refractivity contribution in [2.24, 2.45) is 0 Å². The van der Waals surface area contributed by atoms with Gasteiger partial charge in [0.15, 0.2) is 9.84 Å². The molecule has 0 aliphatic carbocycles. The van der Waals surface area contributed by atoms with Gasteiger partial charge >= 0.3 is 0 Å². The first-order valence-electron chi connectivity index (χ1n) is 7.14. The van der Waals surface area contributed by atoms with Crippen molar-refractivity contribution in [2.75, 3.05) is 12.3 Å². The predicted octanol–water partition coefficient (Wildman–Crippen LogP) is 0.900. The lowest BCUT2D eigenvalue weighted by Crippen LogP contribution is -2.44. The SMILES string of the molecule is CCC1NC(C)(CC)C(=O)N1CC1CCCS1(=O)=O. The maximum atomic E-state index is 12.5. The number of rotatable bonds is 4. The van der Waals surface area contributed by atoms with Crippen LogP contribution in [0.5, 0.6) is 0 Å². The van der Waals surface area contributed by atoms with Crippen LogP contribution in [0, 0.1) is 0 Å². The third-order valence-electron chi connectivity index (χ3n) is 4.55. The molecule has 0 saturated carbocycles. The van der Waals surface area contributed by atoms with Gasteiger partial charge in [-0.25, -0.2) is 8.42 Å². The Balaban J connectivity index is 2.17. The van der Waals surface area contributed by atoms with Gasteiger partial charge in [0, 0.05) is 6.54 Å². The molecule has 2 fully saturated rings. The van der Waals surface area contributed by atoms with Crippen molar-refractivity contribution in [3.63, 3.8) is 0 Å². The van der Waals surface area contributed by atoms with Crippen LogP contribution in [-0.4, -0.2) is 48.5 Å². The topological polar surface area (TPSA) is 66.5 Å². The molecule has 2 heterocycles. The molecule has 3 unspecified atom stereocenters. The Bertz CT molecular complexity index is 463. The van der Waals surface area contributed by atoms with Crippen LogP contribution in [0.2, 0.25) is 0 Å². The third-order valence-corrected chi connectivity index (χ3v) is 6.81. The summed E-state index contributed by atoms with van der Waals surface area (Å²) in [7, 11) is -3.00. The second kappa shape index (κ2) is 5.05. The van der Waals surface area contributed by atoms with Crippen molar-refractivity contribution < 1.29 is 13.2 Å². The van der Waals surface area contributed by atoms with Crippen LogP contribution in [0.3, 0.4) is 0 Å². The monoisotopic (exact) mass is 288 g/mol. The van der Waals surface area contributed by atoms with Gasteiger partial charge in [-0.15, -0.1) is 0 Å². The molecule has 19 heavy (non-hydrogen) atoms. The lowest BCUT2D eigenvalue weighted by Gasteiger charge is -2.25. The zero-order valence-corrected chi connectivity index (χ0v) is 12.8. The van der Waals surface area contributed by atoms with Gasteiger partial charge < -0.3 is 4.90 Å². The van der Waals surface area contributed by atoms with Gasteiger partial charge in [-0.3, -0.25) is 10.1 Å². The minimum atomic E-state index is -3.00. The van der Waals surface area contributed by atoms with Crippen LogP contribution < -0.4 is 5.32 Å². The predicted molar refractivity (Wildman–Crippen MR) is 74.4 cm³/mol. The Labute approximate surface area is 115 Å². The summed E-state index contributed by atoms with van der Waals surface area (Å²) in [5.41, 5.74) is -0.539. The Kier molecular flexibility index (Phi) is 3.93. The number of carbonyl (C=O) groups excluding carboxylic acids is 1. The average Bonchev–Trinajstić information content (AvgIpc) is 2.82. The van der Waals surface area contributed by atoms with E-state index in [0.29, 0.717) is 13.0 Å². The fraction of sp³-hybridized carbons (Fsp3) is 0.923. The molecule has 2 rings (SSSR count). The van der Waals surface area contributed by atoms with E-state index in [9.17, 15) is 13.2 Å². The number of carbonyl (C=O) groups is 1. The van der Waals surface area contributed by atoms with E-state index in [4.69, 9.17) is 0 Å². The van der Waals surface area contributed by atoms with Crippen LogP contribution in [0.4, 0.5) is 0 Å². The minimum Gasteiger partial charge on any atom is -0.324 e. The smallest absolute Gasteiger partial charge is 0.243 e.